The molecule has 0 aromatic carbocycles. The third kappa shape index (κ3) is 3.70. The van der Waals surface area contributed by atoms with Crippen molar-refractivity contribution in [2.24, 2.45) is 5.92 Å². The number of nitrogens with zero attached hydrogens (tertiary/aromatic N) is 4. The molecule has 2 fully saturated rings. The maximum Gasteiger partial charge on any atom is 0.225 e. The van der Waals surface area contributed by atoms with Crippen molar-refractivity contribution < 1.29 is 18.0 Å². The zero-order valence-electron chi connectivity index (χ0n) is 14.5. The number of amides is 2. The standard InChI is InChI=1S/C16H24N4O4S/c1-12(2)16(22)20-9-8-19(13-10-25(23,24)11-14(13)20)15(21)4-7-18-6-3-5-17-18/h3,5-6,12-14H,4,7-11H2,1-2H3/t13-,14+/m1/s1. The monoisotopic (exact) mass is 368 g/mol. The maximum absolute atomic E-state index is 12.6. The number of hydrogen-bond donors (Lipinski definition) is 0. The van der Waals surface area contributed by atoms with E-state index in [0.29, 0.717) is 19.6 Å². The van der Waals surface area contributed by atoms with E-state index in [0.717, 1.165) is 0 Å². The molecule has 3 heterocycles. The van der Waals surface area contributed by atoms with Crippen LogP contribution < -0.4 is 0 Å². The van der Waals surface area contributed by atoms with Crippen molar-refractivity contribution in [3.63, 3.8) is 0 Å². The van der Waals surface area contributed by atoms with Crippen LogP contribution >= 0.6 is 0 Å². The molecule has 2 aliphatic heterocycles. The van der Waals surface area contributed by atoms with Gasteiger partial charge in [0.15, 0.2) is 9.84 Å². The second kappa shape index (κ2) is 6.78. The second-order valence-corrected chi connectivity index (χ2v) is 9.16. The Kier molecular flexibility index (Phi) is 4.86. The zero-order chi connectivity index (χ0) is 18.2. The van der Waals surface area contributed by atoms with Crippen LogP contribution in [-0.4, -0.2) is 76.5 Å². The molecule has 0 saturated carbocycles. The minimum atomic E-state index is -3.25. The molecule has 0 spiro atoms. The van der Waals surface area contributed by atoms with Crippen molar-refractivity contribution in [3.05, 3.63) is 18.5 Å². The molecule has 0 bridgehead atoms. The fraction of sp³-hybridized carbons (Fsp3) is 0.688. The van der Waals surface area contributed by atoms with Gasteiger partial charge in [-0.15, -0.1) is 0 Å². The fourth-order valence-electron chi connectivity index (χ4n) is 3.65. The van der Waals surface area contributed by atoms with E-state index >= 15 is 0 Å². The summed E-state index contributed by atoms with van der Waals surface area (Å²) >= 11 is 0. The van der Waals surface area contributed by atoms with Gasteiger partial charge in [0.2, 0.25) is 11.8 Å². The van der Waals surface area contributed by atoms with Gasteiger partial charge in [0.25, 0.3) is 0 Å². The van der Waals surface area contributed by atoms with E-state index in [1.165, 1.54) is 0 Å². The minimum Gasteiger partial charge on any atom is -0.335 e. The Hall–Kier alpha value is -1.90. The number of sulfone groups is 1. The lowest BCUT2D eigenvalue weighted by molar-refractivity contribution is -0.147. The van der Waals surface area contributed by atoms with Crippen LogP contribution in [0.15, 0.2) is 18.5 Å². The Morgan fingerprint density at radius 1 is 1.16 bits per heavy atom. The van der Waals surface area contributed by atoms with Gasteiger partial charge in [-0.2, -0.15) is 5.10 Å². The average Bonchev–Trinajstić information content (AvgIpc) is 3.16. The topological polar surface area (TPSA) is 92.6 Å². The molecular formula is C16H24N4O4S. The van der Waals surface area contributed by atoms with E-state index in [1.807, 2.05) is 13.8 Å². The Bertz CT molecular complexity index is 744. The predicted molar refractivity (Wildman–Crippen MR) is 91.3 cm³/mol. The van der Waals surface area contributed by atoms with Crippen molar-refractivity contribution in [1.29, 1.82) is 0 Å². The van der Waals surface area contributed by atoms with Gasteiger partial charge >= 0.3 is 0 Å². The molecule has 0 N–H and O–H groups in total. The molecule has 1 aromatic heterocycles. The smallest absolute Gasteiger partial charge is 0.225 e. The zero-order valence-corrected chi connectivity index (χ0v) is 15.4. The third-order valence-electron chi connectivity index (χ3n) is 4.89. The van der Waals surface area contributed by atoms with Crippen LogP contribution in [0.2, 0.25) is 0 Å². The Morgan fingerprint density at radius 2 is 1.80 bits per heavy atom. The molecule has 9 heteroatoms. The van der Waals surface area contributed by atoms with E-state index in [1.54, 1.807) is 32.9 Å². The minimum absolute atomic E-state index is 0.0456. The van der Waals surface area contributed by atoms with Gasteiger partial charge < -0.3 is 9.80 Å². The number of fused-ring (bicyclic) bond motifs is 1. The lowest BCUT2D eigenvalue weighted by Crippen LogP contribution is -2.62. The summed E-state index contributed by atoms with van der Waals surface area (Å²) in [6.07, 6.45) is 3.71. The number of carbonyl (C=O) groups excluding carboxylic acids is 2. The number of rotatable bonds is 4. The molecular weight excluding hydrogens is 344 g/mol. The van der Waals surface area contributed by atoms with Crippen LogP contribution in [0.1, 0.15) is 20.3 Å². The highest BCUT2D eigenvalue weighted by Crippen LogP contribution is 2.28. The van der Waals surface area contributed by atoms with Crippen LogP contribution in [0.25, 0.3) is 0 Å². The summed E-state index contributed by atoms with van der Waals surface area (Å²) in [4.78, 5) is 28.4. The predicted octanol–water partition coefficient (Wildman–Crippen LogP) is -0.234. The number of carbonyl (C=O) groups is 2. The number of piperazine rings is 1. The van der Waals surface area contributed by atoms with Crippen molar-refractivity contribution in [1.82, 2.24) is 19.6 Å². The second-order valence-electron chi connectivity index (χ2n) is 7.00. The van der Waals surface area contributed by atoms with Crippen molar-refractivity contribution in [2.45, 2.75) is 38.9 Å². The number of aryl methyl sites for hydroxylation is 1. The SMILES string of the molecule is CC(C)C(=O)N1CCN(C(=O)CCn2cccn2)[C@@H]2CS(=O)(=O)C[C@@H]21. The van der Waals surface area contributed by atoms with Crippen molar-refractivity contribution >= 4 is 21.7 Å². The summed E-state index contributed by atoms with van der Waals surface area (Å²) in [7, 11) is -3.25. The lowest BCUT2D eigenvalue weighted by atomic mass is 10.0. The molecule has 2 amide bonds. The van der Waals surface area contributed by atoms with Gasteiger partial charge in [0, 0.05) is 44.4 Å². The molecule has 3 rings (SSSR count). The number of hydrogen-bond acceptors (Lipinski definition) is 5. The highest BCUT2D eigenvalue weighted by molar-refractivity contribution is 7.91. The molecule has 2 saturated heterocycles. The fourth-order valence-corrected chi connectivity index (χ4v) is 5.64. The summed E-state index contributed by atoms with van der Waals surface area (Å²) in [6.45, 7) is 4.85. The summed E-state index contributed by atoms with van der Waals surface area (Å²) in [5.74, 6) is -0.437. The first kappa shape index (κ1) is 17.9. The molecule has 0 unspecified atom stereocenters. The largest absolute Gasteiger partial charge is 0.335 e. The van der Waals surface area contributed by atoms with Crippen LogP contribution in [0, 0.1) is 5.92 Å². The molecule has 0 radical (unpaired) electrons. The van der Waals surface area contributed by atoms with Gasteiger partial charge in [0.1, 0.15) is 0 Å². The molecule has 2 atom stereocenters. The van der Waals surface area contributed by atoms with Gasteiger partial charge in [-0.25, -0.2) is 8.42 Å². The molecule has 138 valence electrons. The number of aromatic nitrogens is 2. The van der Waals surface area contributed by atoms with Gasteiger partial charge in [-0.3, -0.25) is 14.3 Å². The van der Waals surface area contributed by atoms with E-state index in [2.05, 4.69) is 5.10 Å². The lowest BCUT2D eigenvalue weighted by Gasteiger charge is -2.44. The molecule has 1 aromatic rings. The Labute approximate surface area is 147 Å². The van der Waals surface area contributed by atoms with E-state index in [9.17, 15) is 18.0 Å². The van der Waals surface area contributed by atoms with Crippen molar-refractivity contribution in [2.75, 3.05) is 24.6 Å². The molecule has 2 aliphatic rings. The normalized spacial score (nSPS) is 25.2. The first-order valence-electron chi connectivity index (χ1n) is 8.56. The van der Waals surface area contributed by atoms with Crippen LogP contribution in [-0.2, 0) is 26.0 Å². The first-order chi connectivity index (χ1) is 11.8. The van der Waals surface area contributed by atoms with Gasteiger partial charge in [-0.05, 0) is 6.07 Å². The molecule has 8 nitrogen and oxygen atoms in total. The van der Waals surface area contributed by atoms with Crippen LogP contribution in [0.5, 0.6) is 0 Å². The average molecular weight is 368 g/mol. The van der Waals surface area contributed by atoms with E-state index in [4.69, 9.17) is 0 Å². The van der Waals surface area contributed by atoms with Gasteiger partial charge in [0.05, 0.1) is 23.6 Å². The highest BCUT2D eigenvalue weighted by Gasteiger charge is 2.49. The first-order valence-corrected chi connectivity index (χ1v) is 10.4. The summed E-state index contributed by atoms with van der Waals surface area (Å²) in [6, 6.07) is 0.925. The van der Waals surface area contributed by atoms with Crippen LogP contribution in [0.4, 0.5) is 0 Å². The molecule has 25 heavy (non-hydrogen) atoms. The summed E-state index contributed by atoms with van der Waals surface area (Å²) in [5, 5.41) is 4.07. The Balaban J connectivity index is 1.74. The summed E-state index contributed by atoms with van der Waals surface area (Å²) in [5.41, 5.74) is 0. The molecule has 0 aliphatic carbocycles. The van der Waals surface area contributed by atoms with Crippen LogP contribution in [0.3, 0.4) is 0 Å². The maximum atomic E-state index is 12.6. The Morgan fingerprint density at radius 3 is 2.40 bits per heavy atom. The summed E-state index contributed by atoms with van der Waals surface area (Å²) < 4.78 is 26.0. The van der Waals surface area contributed by atoms with E-state index < -0.39 is 21.9 Å². The van der Waals surface area contributed by atoms with Gasteiger partial charge in [-0.1, -0.05) is 13.8 Å². The third-order valence-corrected chi connectivity index (χ3v) is 6.59. The quantitative estimate of drug-likeness (QED) is 0.732. The van der Waals surface area contributed by atoms with Crippen molar-refractivity contribution in [3.8, 4) is 0 Å². The highest BCUT2D eigenvalue weighted by atomic mass is 32.2. The van der Waals surface area contributed by atoms with E-state index in [-0.39, 0.29) is 35.7 Å².